The highest BCUT2D eigenvalue weighted by atomic mass is 79.9. The van der Waals surface area contributed by atoms with E-state index in [9.17, 15) is 0 Å². The van der Waals surface area contributed by atoms with E-state index in [4.69, 9.17) is 5.26 Å². The molecule has 0 aliphatic heterocycles. The lowest BCUT2D eigenvalue weighted by Crippen LogP contribution is -1.99. The molecule has 1 fully saturated rings. The summed E-state index contributed by atoms with van der Waals surface area (Å²) < 4.78 is 0.804. The molecule has 0 bridgehead atoms. The molecule has 0 atom stereocenters. The molecule has 2 aromatic rings. The van der Waals surface area contributed by atoms with Gasteiger partial charge in [0.2, 0.25) is 0 Å². The van der Waals surface area contributed by atoms with Gasteiger partial charge in [-0.1, -0.05) is 12.1 Å². The molecule has 1 aliphatic carbocycles. The molecule has 1 aliphatic rings. The normalized spacial score (nSPS) is 13.8. The van der Waals surface area contributed by atoms with E-state index in [-0.39, 0.29) is 0 Å². The Morgan fingerprint density at radius 1 is 1.25 bits per heavy atom. The van der Waals surface area contributed by atoms with Crippen molar-refractivity contribution in [1.82, 2.24) is 9.97 Å². The van der Waals surface area contributed by atoms with Gasteiger partial charge in [0.1, 0.15) is 16.2 Å². The van der Waals surface area contributed by atoms with Crippen molar-refractivity contribution in [2.45, 2.75) is 25.2 Å². The maximum absolute atomic E-state index is 8.66. The first kappa shape index (κ1) is 13.1. The number of nitriles is 1. The van der Waals surface area contributed by atoms with Crippen LogP contribution >= 0.6 is 15.9 Å². The minimum Gasteiger partial charge on any atom is -0.340 e. The molecule has 1 N–H and O–H groups in total. The van der Waals surface area contributed by atoms with Crippen molar-refractivity contribution >= 4 is 27.4 Å². The summed E-state index contributed by atoms with van der Waals surface area (Å²) in [6.07, 6.45) is 2.79. The Morgan fingerprint density at radius 2 is 2.00 bits per heavy atom. The van der Waals surface area contributed by atoms with Crippen LogP contribution < -0.4 is 5.32 Å². The van der Waals surface area contributed by atoms with E-state index < -0.39 is 0 Å². The fourth-order valence-electron chi connectivity index (χ4n) is 1.97. The van der Waals surface area contributed by atoms with Crippen molar-refractivity contribution in [1.29, 1.82) is 5.26 Å². The number of hydrogen-bond donors (Lipinski definition) is 1. The lowest BCUT2D eigenvalue weighted by atomic mass is 10.1. The molecule has 0 radical (unpaired) electrons. The number of halogens is 1. The second-order valence-corrected chi connectivity index (χ2v) is 5.68. The van der Waals surface area contributed by atoms with Gasteiger partial charge >= 0.3 is 0 Å². The van der Waals surface area contributed by atoms with Gasteiger partial charge in [0.15, 0.2) is 0 Å². The minimum atomic E-state index is 0.436. The number of hydrogen-bond acceptors (Lipinski definition) is 4. The van der Waals surface area contributed by atoms with Crippen molar-refractivity contribution in [3.05, 3.63) is 46.3 Å². The molecule has 0 unspecified atom stereocenters. The highest BCUT2D eigenvalue weighted by Crippen LogP contribution is 2.39. The summed E-state index contributed by atoms with van der Waals surface area (Å²) >= 11 is 3.43. The van der Waals surface area contributed by atoms with Gasteiger partial charge in [-0.2, -0.15) is 5.26 Å². The van der Waals surface area contributed by atoms with E-state index in [0.717, 1.165) is 27.5 Å². The zero-order valence-corrected chi connectivity index (χ0v) is 12.4. The van der Waals surface area contributed by atoms with Gasteiger partial charge in [-0.25, -0.2) is 9.97 Å². The first-order valence-corrected chi connectivity index (χ1v) is 7.31. The number of anilines is 2. The molecule has 1 aromatic heterocycles. The Hall–Kier alpha value is -1.93. The van der Waals surface area contributed by atoms with Crippen molar-refractivity contribution < 1.29 is 0 Å². The van der Waals surface area contributed by atoms with E-state index in [2.05, 4.69) is 37.3 Å². The van der Waals surface area contributed by atoms with Gasteiger partial charge < -0.3 is 5.32 Å². The average Bonchev–Trinajstić information content (AvgIpc) is 3.25. The molecule has 1 saturated carbocycles. The van der Waals surface area contributed by atoms with Crippen LogP contribution in [0.1, 0.15) is 30.1 Å². The zero-order chi connectivity index (χ0) is 13.9. The molecule has 0 saturated heterocycles. The van der Waals surface area contributed by atoms with E-state index in [0.29, 0.717) is 12.3 Å². The molecule has 4 nitrogen and oxygen atoms in total. The highest BCUT2D eigenvalue weighted by molar-refractivity contribution is 9.10. The number of benzene rings is 1. The van der Waals surface area contributed by atoms with Crippen LogP contribution in [0, 0.1) is 11.3 Å². The molecule has 3 rings (SSSR count). The molecule has 1 aromatic carbocycles. The number of aromatic nitrogens is 2. The summed E-state index contributed by atoms with van der Waals surface area (Å²) in [6.45, 7) is 0. The Morgan fingerprint density at radius 3 is 2.65 bits per heavy atom. The molecule has 0 amide bonds. The molecule has 5 heteroatoms. The Labute approximate surface area is 126 Å². The van der Waals surface area contributed by atoms with Crippen molar-refractivity contribution in [2.24, 2.45) is 0 Å². The average molecular weight is 329 g/mol. The van der Waals surface area contributed by atoms with Crippen LogP contribution in [0.4, 0.5) is 11.5 Å². The largest absolute Gasteiger partial charge is 0.340 e. The van der Waals surface area contributed by atoms with Gasteiger partial charge in [0.25, 0.3) is 0 Å². The number of rotatable bonds is 4. The van der Waals surface area contributed by atoms with Gasteiger partial charge in [-0.3, -0.25) is 0 Å². The predicted molar refractivity (Wildman–Crippen MR) is 80.7 cm³/mol. The van der Waals surface area contributed by atoms with E-state index >= 15 is 0 Å². The van der Waals surface area contributed by atoms with E-state index in [1.807, 2.05) is 30.3 Å². The predicted octanol–water partition coefficient (Wildman–Crippen LogP) is 3.93. The van der Waals surface area contributed by atoms with Crippen molar-refractivity contribution in [3.8, 4) is 6.07 Å². The van der Waals surface area contributed by atoms with Crippen LogP contribution in [0.15, 0.2) is 34.9 Å². The van der Waals surface area contributed by atoms with Crippen LogP contribution in [0.3, 0.4) is 0 Å². The summed E-state index contributed by atoms with van der Waals surface area (Å²) in [6, 6.07) is 11.8. The van der Waals surface area contributed by atoms with E-state index in [1.54, 1.807) is 0 Å². The summed E-state index contributed by atoms with van der Waals surface area (Å²) in [7, 11) is 0. The SMILES string of the molecule is N#CCc1ccc(Nc2cc(Br)nc(C3CC3)n2)cc1. The van der Waals surface area contributed by atoms with Crippen LogP contribution in [0.25, 0.3) is 0 Å². The first-order chi connectivity index (χ1) is 9.74. The fourth-order valence-corrected chi connectivity index (χ4v) is 2.37. The lowest BCUT2D eigenvalue weighted by Gasteiger charge is -2.08. The monoisotopic (exact) mass is 328 g/mol. The zero-order valence-electron chi connectivity index (χ0n) is 10.8. The summed E-state index contributed by atoms with van der Waals surface area (Å²) in [4.78, 5) is 8.95. The van der Waals surface area contributed by atoms with E-state index in [1.165, 1.54) is 12.8 Å². The second kappa shape index (κ2) is 5.59. The third-order valence-corrected chi connectivity index (χ3v) is 3.57. The minimum absolute atomic E-state index is 0.436. The first-order valence-electron chi connectivity index (χ1n) is 6.52. The van der Waals surface area contributed by atoms with Crippen molar-refractivity contribution in [3.63, 3.8) is 0 Å². The maximum atomic E-state index is 8.66. The van der Waals surface area contributed by atoms with Gasteiger partial charge in [0, 0.05) is 17.7 Å². The second-order valence-electron chi connectivity index (χ2n) is 4.87. The summed E-state index contributed by atoms with van der Waals surface area (Å²) in [5.41, 5.74) is 1.97. The van der Waals surface area contributed by atoms with Gasteiger partial charge in [-0.15, -0.1) is 0 Å². The Balaban J connectivity index is 1.78. The van der Waals surface area contributed by atoms with Crippen LogP contribution in [-0.2, 0) is 6.42 Å². The molecular weight excluding hydrogens is 316 g/mol. The van der Waals surface area contributed by atoms with Crippen LogP contribution in [0.2, 0.25) is 0 Å². The molecule has 1 heterocycles. The molecule has 100 valence electrons. The standard InChI is InChI=1S/C15H13BrN4/c16-13-9-14(20-15(19-13)11-3-4-11)18-12-5-1-10(2-6-12)7-8-17/h1-2,5-6,9,11H,3-4,7H2,(H,18,19,20). The lowest BCUT2D eigenvalue weighted by molar-refractivity contribution is 0.919. The van der Waals surface area contributed by atoms with Crippen molar-refractivity contribution in [2.75, 3.05) is 5.32 Å². The summed E-state index contributed by atoms with van der Waals surface area (Å²) in [5, 5.41) is 11.9. The molecule has 0 spiro atoms. The van der Waals surface area contributed by atoms with Crippen LogP contribution in [-0.4, -0.2) is 9.97 Å². The number of nitrogens with zero attached hydrogens (tertiary/aromatic N) is 3. The third-order valence-electron chi connectivity index (χ3n) is 3.16. The number of nitrogens with one attached hydrogen (secondary N) is 1. The topological polar surface area (TPSA) is 61.6 Å². The van der Waals surface area contributed by atoms with Crippen LogP contribution in [0.5, 0.6) is 0 Å². The summed E-state index contributed by atoms with van der Waals surface area (Å²) in [5.74, 6) is 2.22. The Bertz CT molecular complexity index is 657. The third kappa shape index (κ3) is 3.14. The Kier molecular flexibility index (Phi) is 3.66. The van der Waals surface area contributed by atoms with Gasteiger partial charge in [-0.05, 0) is 46.5 Å². The molecular formula is C15H13BrN4. The van der Waals surface area contributed by atoms with Gasteiger partial charge in [0.05, 0.1) is 12.5 Å². The fraction of sp³-hybridized carbons (Fsp3) is 0.267. The molecule has 20 heavy (non-hydrogen) atoms. The smallest absolute Gasteiger partial charge is 0.135 e. The quantitative estimate of drug-likeness (QED) is 0.864. The highest BCUT2D eigenvalue weighted by Gasteiger charge is 2.27. The maximum Gasteiger partial charge on any atom is 0.135 e.